The maximum absolute atomic E-state index is 11.4. The monoisotopic (exact) mass is 228 g/mol. The molecule has 0 aliphatic heterocycles. The van der Waals surface area contributed by atoms with Gasteiger partial charge in [-0.2, -0.15) is 0 Å². The van der Waals surface area contributed by atoms with Crippen LogP contribution in [0, 0.1) is 0 Å². The SMILES string of the molecule is CCCCc1[nH]c(=O)ccc1-c1ccncc1. The van der Waals surface area contributed by atoms with Crippen molar-refractivity contribution in [1.29, 1.82) is 0 Å². The maximum Gasteiger partial charge on any atom is 0.248 e. The van der Waals surface area contributed by atoms with Crippen molar-refractivity contribution in [3.63, 3.8) is 0 Å². The molecule has 0 aliphatic carbocycles. The van der Waals surface area contributed by atoms with Crippen LogP contribution in [-0.4, -0.2) is 9.97 Å². The van der Waals surface area contributed by atoms with Gasteiger partial charge in [-0.05, 0) is 36.6 Å². The molecule has 0 radical (unpaired) electrons. The normalized spacial score (nSPS) is 10.4. The van der Waals surface area contributed by atoms with E-state index in [2.05, 4.69) is 16.9 Å². The molecule has 0 atom stereocenters. The van der Waals surface area contributed by atoms with Crippen LogP contribution in [0.15, 0.2) is 41.5 Å². The highest BCUT2D eigenvalue weighted by Gasteiger charge is 2.05. The molecular weight excluding hydrogens is 212 g/mol. The van der Waals surface area contributed by atoms with E-state index >= 15 is 0 Å². The number of aromatic nitrogens is 2. The van der Waals surface area contributed by atoms with Crippen molar-refractivity contribution < 1.29 is 0 Å². The zero-order valence-electron chi connectivity index (χ0n) is 9.94. The van der Waals surface area contributed by atoms with E-state index < -0.39 is 0 Å². The number of hydrogen-bond donors (Lipinski definition) is 1. The Morgan fingerprint density at radius 1 is 1.18 bits per heavy atom. The smallest absolute Gasteiger partial charge is 0.248 e. The van der Waals surface area contributed by atoms with Crippen molar-refractivity contribution in [3.8, 4) is 11.1 Å². The Morgan fingerprint density at radius 2 is 1.94 bits per heavy atom. The molecule has 0 unspecified atom stereocenters. The van der Waals surface area contributed by atoms with Gasteiger partial charge in [0.1, 0.15) is 0 Å². The summed E-state index contributed by atoms with van der Waals surface area (Å²) in [6, 6.07) is 7.39. The molecule has 0 spiro atoms. The van der Waals surface area contributed by atoms with E-state index in [9.17, 15) is 4.79 Å². The minimum Gasteiger partial charge on any atom is -0.326 e. The van der Waals surface area contributed by atoms with Crippen molar-refractivity contribution in [1.82, 2.24) is 9.97 Å². The second-order valence-corrected chi connectivity index (χ2v) is 4.05. The van der Waals surface area contributed by atoms with Crippen molar-refractivity contribution in [2.75, 3.05) is 0 Å². The number of H-pyrrole nitrogens is 1. The summed E-state index contributed by atoms with van der Waals surface area (Å²) in [6.07, 6.45) is 6.64. The Bertz CT molecular complexity index is 531. The predicted molar refractivity (Wildman–Crippen MR) is 68.9 cm³/mol. The number of nitrogens with zero attached hydrogens (tertiary/aromatic N) is 1. The van der Waals surface area contributed by atoms with E-state index in [1.54, 1.807) is 18.5 Å². The number of rotatable bonds is 4. The second kappa shape index (κ2) is 5.43. The van der Waals surface area contributed by atoms with Crippen LogP contribution in [0.25, 0.3) is 11.1 Å². The van der Waals surface area contributed by atoms with Gasteiger partial charge < -0.3 is 4.98 Å². The Kier molecular flexibility index (Phi) is 3.70. The van der Waals surface area contributed by atoms with Gasteiger partial charge in [0.15, 0.2) is 0 Å². The number of pyridine rings is 2. The van der Waals surface area contributed by atoms with Crippen LogP contribution in [0.2, 0.25) is 0 Å². The van der Waals surface area contributed by atoms with Crippen molar-refractivity contribution in [2.45, 2.75) is 26.2 Å². The average Bonchev–Trinajstić information content (AvgIpc) is 2.37. The molecular formula is C14H16N2O. The summed E-state index contributed by atoms with van der Waals surface area (Å²) in [6.45, 7) is 2.15. The van der Waals surface area contributed by atoms with E-state index in [-0.39, 0.29) is 5.56 Å². The lowest BCUT2D eigenvalue weighted by molar-refractivity contribution is 0.775. The van der Waals surface area contributed by atoms with E-state index in [4.69, 9.17) is 0 Å². The summed E-state index contributed by atoms with van der Waals surface area (Å²) in [5.41, 5.74) is 3.18. The number of nitrogens with one attached hydrogen (secondary N) is 1. The number of unbranched alkanes of at least 4 members (excludes halogenated alkanes) is 1. The van der Waals surface area contributed by atoms with E-state index in [0.29, 0.717) is 0 Å². The first-order valence-corrected chi connectivity index (χ1v) is 5.94. The zero-order chi connectivity index (χ0) is 12.1. The first kappa shape index (κ1) is 11.6. The first-order valence-electron chi connectivity index (χ1n) is 5.94. The van der Waals surface area contributed by atoms with Crippen LogP contribution in [0.3, 0.4) is 0 Å². The lowest BCUT2D eigenvalue weighted by atomic mass is 10.0. The Labute approximate surface area is 101 Å². The summed E-state index contributed by atoms with van der Waals surface area (Å²) in [5, 5.41) is 0. The van der Waals surface area contributed by atoms with Gasteiger partial charge in [0.25, 0.3) is 0 Å². The predicted octanol–water partition coefficient (Wildman–Crippen LogP) is 2.78. The van der Waals surface area contributed by atoms with Gasteiger partial charge in [-0.25, -0.2) is 0 Å². The second-order valence-electron chi connectivity index (χ2n) is 4.05. The third kappa shape index (κ3) is 2.81. The summed E-state index contributed by atoms with van der Waals surface area (Å²) in [4.78, 5) is 18.3. The van der Waals surface area contributed by atoms with Gasteiger partial charge in [-0.1, -0.05) is 13.3 Å². The molecule has 17 heavy (non-hydrogen) atoms. The molecule has 0 fully saturated rings. The molecule has 0 saturated carbocycles. The molecule has 0 amide bonds. The molecule has 2 rings (SSSR count). The van der Waals surface area contributed by atoms with Crippen molar-refractivity contribution in [3.05, 3.63) is 52.7 Å². The first-order chi connectivity index (χ1) is 8.31. The molecule has 0 saturated heterocycles. The highest BCUT2D eigenvalue weighted by atomic mass is 16.1. The fraction of sp³-hybridized carbons (Fsp3) is 0.286. The highest BCUT2D eigenvalue weighted by molar-refractivity contribution is 5.65. The summed E-state index contributed by atoms with van der Waals surface area (Å²) < 4.78 is 0. The molecule has 88 valence electrons. The third-order valence-corrected chi connectivity index (χ3v) is 2.77. The molecule has 0 bridgehead atoms. The lowest BCUT2D eigenvalue weighted by Crippen LogP contribution is -2.08. The van der Waals surface area contributed by atoms with Crippen molar-refractivity contribution >= 4 is 0 Å². The summed E-state index contributed by atoms with van der Waals surface area (Å²) >= 11 is 0. The zero-order valence-corrected chi connectivity index (χ0v) is 9.94. The summed E-state index contributed by atoms with van der Waals surface area (Å²) in [5.74, 6) is 0. The number of aryl methyl sites for hydroxylation is 1. The highest BCUT2D eigenvalue weighted by Crippen LogP contribution is 2.21. The van der Waals surface area contributed by atoms with Gasteiger partial charge in [0.05, 0.1) is 0 Å². The maximum atomic E-state index is 11.4. The lowest BCUT2D eigenvalue weighted by Gasteiger charge is -2.08. The van der Waals surface area contributed by atoms with Gasteiger partial charge in [0, 0.05) is 29.7 Å². The quantitative estimate of drug-likeness (QED) is 0.874. The molecule has 0 aliphatic rings. The van der Waals surface area contributed by atoms with Gasteiger partial charge in [-0.3, -0.25) is 9.78 Å². The van der Waals surface area contributed by atoms with Gasteiger partial charge in [-0.15, -0.1) is 0 Å². The molecule has 0 aromatic carbocycles. The Morgan fingerprint density at radius 3 is 2.65 bits per heavy atom. The summed E-state index contributed by atoms with van der Waals surface area (Å²) in [7, 11) is 0. The van der Waals surface area contributed by atoms with E-state index in [0.717, 1.165) is 36.1 Å². The minimum atomic E-state index is -0.0334. The molecule has 3 heteroatoms. The molecule has 2 aromatic heterocycles. The number of aromatic amines is 1. The molecule has 2 heterocycles. The van der Waals surface area contributed by atoms with Crippen LogP contribution < -0.4 is 5.56 Å². The Hall–Kier alpha value is -1.90. The van der Waals surface area contributed by atoms with E-state index in [1.807, 2.05) is 18.2 Å². The van der Waals surface area contributed by atoms with Crippen LogP contribution in [0.1, 0.15) is 25.5 Å². The fourth-order valence-corrected chi connectivity index (χ4v) is 1.87. The van der Waals surface area contributed by atoms with Crippen LogP contribution >= 0.6 is 0 Å². The van der Waals surface area contributed by atoms with Crippen molar-refractivity contribution in [2.24, 2.45) is 0 Å². The average molecular weight is 228 g/mol. The van der Waals surface area contributed by atoms with Gasteiger partial charge in [0.2, 0.25) is 5.56 Å². The third-order valence-electron chi connectivity index (χ3n) is 2.77. The topological polar surface area (TPSA) is 45.8 Å². The fourth-order valence-electron chi connectivity index (χ4n) is 1.87. The largest absolute Gasteiger partial charge is 0.326 e. The van der Waals surface area contributed by atoms with Crippen LogP contribution in [0.5, 0.6) is 0 Å². The molecule has 2 aromatic rings. The van der Waals surface area contributed by atoms with E-state index in [1.165, 1.54) is 0 Å². The van der Waals surface area contributed by atoms with Gasteiger partial charge >= 0.3 is 0 Å². The van der Waals surface area contributed by atoms with Crippen LogP contribution in [-0.2, 0) is 6.42 Å². The Balaban J connectivity index is 2.42. The molecule has 1 N–H and O–H groups in total. The van der Waals surface area contributed by atoms with Crippen LogP contribution in [0.4, 0.5) is 0 Å². The molecule has 3 nitrogen and oxygen atoms in total. The number of hydrogen-bond acceptors (Lipinski definition) is 2. The minimum absolute atomic E-state index is 0.0334. The standard InChI is InChI=1S/C14H16N2O/c1-2-3-4-13-12(5-6-14(17)16-13)11-7-9-15-10-8-11/h5-10H,2-4H2,1H3,(H,16,17).